The number of amides is 2. The summed E-state index contributed by atoms with van der Waals surface area (Å²) in [6, 6.07) is 20.1. The molecule has 0 aromatic heterocycles. The first-order chi connectivity index (χ1) is 14.2. The minimum absolute atomic E-state index is 0.0733. The molecule has 0 radical (unpaired) electrons. The third kappa shape index (κ3) is 4.35. The Kier molecular flexibility index (Phi) is 5.95. The highest BCUT2D eigenvalue weighted by atomic mass is 16.6. The lowest BCUT2D eigenvalue weighted by molar-refractivity contribution is -0.134. The zero-order valence-electron chi connectivity index (χ0n) is 16.9. The van der Waals surface area contributed by atoms with Gasteiger partial charge in [0.1, 0.15) is 6.61 Å². The number of likely N-dealkylation sites (tertiary alicyclic amines) is 1. The summed E-state index contributed by atoms with van der Waals surface area (Å²) in [4.78, 5) is 29.6. The SMILES string of the molecule is CC[C@@H]1CN(Cc2ccccc2)C[C@H]1C(=O)N1C(=O)OCC1Cc1ccccc1. The van der Waals surface area contributed by atoms with Crippen molar-refractivity contribution >= 4 is 12.0 Å². The molecule has 2 fully saturated rings. The van der Waals surface area contributed by atoms with E-state index in [0.717, 1.165) is 25.1 Å². The molecule has 0 bridgehead atoms. The lowest BCUT2D eigenvalue weighted by Crippen LogP contribution is -2.45. The Balaban J connectivity index is 1.46. The molecule has 2 saturated heterocycles. The van der Waals surface area contributed by atoms with Crippen LogP contribution in [0.5, 0.6) is 0 Å². The van der Waals surface area contributed by atoms with E-state index < -0.39 is 6.09 Å². The molecule has 2 heterocycles. The molecule has 29 heavy (non-hydrogen) atoms. The van der Waals surface area contributed by atoms with Gasteiger partial charge < -0.3 is 4.74 Å². The third-order valence-corrected chi connectivity index (χ3v) is 6.12. The molecule has 0 spiro atoms. The molecule has 2 amide bonds. The highest BCUT2D eigenvalue weighted by Crippen LogP contribution is 2.31. The van der Waals surface area contributed by atoms with Crippen molar-refractivity contribution in [1.29, 1.82) is 0 Å². The van der Waals surface area contributed by atoms with E-state index in [1.807, 2.05) is 48.5 Å². The molecule has 5 nitrogen and oxygen atoms in total. The molecule has 0 aliphatic carbocycles. The normalized spacial score (nSPS) is 24.7. The first-order valence-corrected chi connectivity index (χ1v) is 10.5. The van der Waals surface area contributed by atoms with Gasteiger partial charge in [-0.25, -0.2) is 9.69 Å². The zero-order chi connectivity index (χ0) is 20.2. The molecular formula is C24H28N2O3. The largest absolute Gasteiger partial charge is 0.447 e. The molecule has 4 rings (SSSR count). The van der Waals surface area contributed by atoms with E-state index in [4.69, 9.17) is 4.74 Å². The number of ether oxygens (including phenoxy) is 1. The fourth-order valence-electron chi connectivity index (χ4n) is 4.57. The summed E-state index contributed by atoms with van der Waals surface area (Å²) >= 11 is 0. The molecule has 2 aliphatic heterocycles. The maximum absolute atomic E-state index is 13.4. The molecule has 0 N–H and O–H groups in total. The minimum atomic E-state index is -0.493. The van der Waals surface area contributed by atoms with Gasteiger partial charge in [0.2, 0.25) is 5.91 Å². The second-order valence-electron chi connectivity index (χ2n) is 8.08. The summed E-state index contributed by atoms with van der Waals surface area (Å²) < 4.78 is 5.27. The number of carbonyl (C=O) groups excluding carboxylic acids is 2. The van der Waals surface area contributed by atoms with Crippen LogP contribution >= 0.6 is 0 Å². The van der Waals surface area contributed by atoms with Crippen LogP contribution < -0.4 is 0 Å². The van der Waals surface area contributed by atoms with Crippen LogP contribution in [0, 0.1) is 11.8 Å². The average Bonchev–Trinajstić information content (AvgIpc) is 3.32. The topological polar surface area (TPSA) is 49.9 Å². The van der Waals surface area contributed by atoms with Crippen LogP contribution in [-0.2, 0) is 22.5 Å². The predicted octanol–water partition coefficient (Wildman–Crippen LogP) is 3.73. The number of rotatable bonds is 6. The van der Waals surface area contributed by atoms with E-state index in [2.05, 4.69) is 24.0 Å². The fraction of sp³-hybridized carbons (Fsp3) is 0.417. The van der Waals surface area contributed by atoms with E-state index in [-0.39, 0.29) is 30.4 Å². The lowest BCUT2D eigenvalue weighted by atomic mass is 9.92. The van der Waals surface area contributed by atoms with Crippen molar-refractivity contribution < 1.29 is 14.3 Å². The predicted molar refractivity (Wildman–Crippen MR) is 111 cm³/mol. The molecule has 3 atom stereocenters. The summed E-state index contributed by atoms with van der Waals surface area (Å²) in [7, 11) is 0. The smallest absolute Gasteiger partial charge is 0.416 e. The average molecular weight is 392 g/mol. The van der Waals surface area contributed by atoms with Gasteiger partial charge >= 0.3 is 6.09 Å². The summed E-state index contributed by atoms with van der Waals surface area (Å²) in [6.07, 6.45) is 1.07. The summed E-state index contributed by atoms with van der Waals surface area (Å²) in [5.41, 5.74) is 2.36. The van der Waals surface area contributed by atoms with Gasteiger partial charge in [-0.15, -0.1) is 0 Å². The Labute approximate surface area is 172 Å². The van der Waals surface area contributed by atoms with Gasteiger partial charge in [0.05, 0.1) is 12.0 Å². The fourth-order valence-corrected chi connectivity index (χ4v) is 4.57. The zero-order valence-corrected chi connectivity index (χ0v) is 16.9. The number of benzene rings is 2. The van der Waals surface area contributed by atoms with Crippen molar-refractivity contribution in [3.05, 3.63) is 71.8 Å². The Morgan fingerprint density at radius 1 is 1.00 bits per heavy atom. The maximum atomic E-state index is 13.4. The Morgan fingerprint density at radius 2 is 1.66 bits per heavy atom. The number of carbonyl (C=O) groups is 2. The van der Waals surface area contributed by atoms with Gasteiger partial charge in [-0.05, 0) is 23.5 Å². The van der Waals surface area contributed by atoms with Gasteiger partial charge in [-0.3, -0.25) is 9.69 Å². The van der Waals surface area contributed by atoms with E-state index >= 15 is 0 Å². The van der Waals surface area contributed by atoms with Crippen LogP contribution in [0.15, 0.2) is 60.7 Å². The van der Waals surface area contributed by atoms with Crippen molar-refractivity contribution in [1.82, 2.24) is 9.80 Å². The molecule has 152 valence electrons. The van der Waals surface area contributed by atoms with Gasteiger partial charge in [0, 0.05) is 19.6 Å². The van der Waals surface area contributed by atoms with Crippen LogP contribution in [-0.4, -0.2) is 47.5 Å². The Bertz CT molecular complexity index is 840. The quantitative estimate of drug-likeness (QED) is 0.752. The molecular weight excluding hydrogens is 364 g/mol. The molecule has 0 saturated carbocycles. The van der Waals surface area contributed by atoms with Crippen molar-refractivity contribution in [2.24, 2.45) is 11.8 Å². The second kappa shape index (κ2) is 8.78. The minimum Gasteiger partial charge on any atom is -0.447 e. The highest BCUT2D eigenvalue weighted by Gasteiger charge is 2.45. The number of hydrogen-bond donors (Lipinski definition) is 0. The maximum Gasteiger partial charge on any atom is 0.416 e. The molecule has 5 heteroatoms. The third-order valence-electron chi connectivity index (χ3n) is 6.12. The Morgan fingerprint density at radius 3 is 2.31 bits per heavy atom. The van der Waals surface area contributed by atoms with Crippen molar-refractivity contribution in [2.75, 3.05) is 19.7 Å². The first-order valence-electron chi connectivity index (χ1n) is 10.5. The number of nitrogens with zero attached hydrogens (tertiary/aromatic N) is 2. The monoisotopic (exact) mass is 392 g/mol. The van der Waals surface area contributed by atoms with Crippen LogP contribution in [0.25, 0.3) is 0 Å². The molecule has 2 aromatic carbocycles. The van der Waals surface area contributed by atoms with Gasteiger partial charge in [-0.2, -0.15) is 0 Å². The standard InChI is InChI=1S/C24H28N2O3/c1-2-20-15-25(14-19-11-7-4-8-12-19)16-22(20)23(27)26-21(17-29-24(26)28)13-18-9-5-3-6-10-18/h3-12,20-22H,2,13-17H2,1H3/t20-,21?,22-/m1/s1. The number of hydrogen-bond acceptors (Lipinski definition) is 4. The lowest BCUT2D eigenvalue weighted by Gasteiger charge is -2.25. The van der Waals surface area contributed by atoms with Gasteiger partial charge in [-0.1, -0.05) is 74.0 Å². The van der Waals surface area contributed by atoms with Crippen LogP contribution in [0.1, 0.15) is 24.5 Å². The van der Waals surface area contributed by atoms with Gasteiger partial charge in [0.25, 0.3) is 0 Å². The second-order valence-corrected chi connectivity index (χ2v) is 8.08. The van der Waals surface area contributed by atoms with Crippen molar-refractivity contribution in [2.45, 2.75) is 32.4 Å². The van der Waals surface area contributed by atoms with Crippen LogP contribution in [0.2, 0.25) is 0 Å². The van der Waals surface area contributed by atoms with E-state index in [9.17, 15) is 9.59 Å². The van der Waals surface area contributed by atoms with Crippen LogP contribution in [0.3, 0.4) is 0 Å². The summed E-state index contributed by atoms with van der Waals surface area (Å²) in [5.74, 6) is 0.0282. The van der Waals surface area contributed by atoms with Crippen LogP contribution in [0.4, 0.5) is 4.79 Å². The summed E-state index contributed by atoms with van der Waals surface area (Å²) in [6.45, 7) is 4.80. The van der Waals surface area contributed by atoms with E-state index in [0.29, 0.717) is 13.0 Å². The molecule has 1 unspecified atom stereocenters. The molecule has 2 aliphatic rings. The molecule has 2 aromatic rings. The van der Waals surface area contributed by atoms with Crippen molar-refractivity contribution in [3.63, 3.8) is 0 Å². The number of cyclic esters (lactones) is 1. The van der Waals surface area contributed by atoms with Crippen molar-refractivity contribution in [3.8, 4) is 0 Å². The highest BCUT2D eigenvalue weighted by molar-refractivity contribution is 5.95. The Hall–Kier alpha value is -2.66. The first kappa shape index (κ1) is 19.6. The van der Waals surface area contributed by atoms with E-state index in [1.165, 1.54) is 10.5 Å². The van der Waals surface area contributed by atoms with Gasteiger partial charge in [0.15, 0.2) is 0 Å². The summed E-state index contributed by atoms with van der Waals surface area (Å²) in [5, 5.41) is 0. The number of imide groups is 1. The van der Waals surface area contributed by atoms with E-state index in [1.54, 1.807) is 0 Å².